The van der Waals surface area contributed by atoms with Gasteiger partial charge in [0, 0.05) is 17.0 Å². The van der Waals surface area contributed by atoms with Crippen LogP contribution in [0.5, 0.6) is 0 Å². The molecule has 6 rings (SSSR count). The van der Waals surface area contributed by atoms with Crippen molar-refractivity contribution in [2.75, 3.05) is 0 Å². The van der Waals surface area contributed by atoms with E-state index in [1.54, 1.807) is 48.5 Å². The van der Waals surface area contributed by atoms with Gasteiger partial charge in [0.25, 0.3) is 0 Å². The van der Waals surface area contributed by atoms with Gasteiger partial charge in [-0.25, -0.2) is 17.6 Å². The summed E-state index contributed by atoms with van der Waals surface area (Å²) >= 11 is 0. The lowest BCUT2D eigenvalue weighted by Crippen LogP contribution is -2.45. The standard InChI is InChI=1S/C21H10F4O/c22-17-15-14-10-5-1-3-7-12(10)21(9-26,13-8-4-2-6-11(13)14)16(15)18(23)20(25)19(17)24/h1-9,14H. The number of hydrogen-bond acceptors (Lipinski definition) is 1. The molecular weight excluding hydrogens is 344 g/mol. The predicted octanol–water partition coefficient (Wildman–Crippen LogP) is 4.58. The van der Waals surface area contributed by atoms with E-state index in [0.29, 0.717) is 28.5 Å². The van der Waals surface area contributed by atoms with Crippen LogP contribution in [0, 0.1) is 23.3 Å². The minimum Gasteiger partial charge on any atom is -0.302 e. The van der Waals surface area contributed by atoms with Crippen molar-refractivity contribution in [2.45, 2.75) is 11.3 Å². The molecule has 0 atom stereocenters. The quantitative estimate of drug-likeness (QED) is 0.271. The Morgan fingerprint density at radius 1 is 0.731 bits per heavy atom. The number of rotatable bonds is 1. The fourth-order valence-corrected chi connectivity index (χ4v) is 4.60. The number of carbonyl (C=O) groups excluding carboxylic acids is 1. The Hall–Kier alpha value is -2.95. The third-order valence-corrected chi connectivity index (χ3v) is 5.56. The Morgan fingerprint density at radius 3 is 1.77 bits per heavy atom. The van der Waals surface area contributed by atoms with Crippen molar-refractivity contribution in [3.63, 3.8) is 0 Å². The van der Waals surface area contributed by atoms with Crippen molar-refractivity contribution in [2.24, 2.45) is 0 Å². The van der Waals surface area contributed by atoms with E-state index < -0.39 is 40.2 Å². The minimum absolute atomic E-state index is 0.300. The molecule has 3 aliphatic rings. The Balaban J connectivity index is 2.07. The molecule has 0 saturated heterocycles. The molecule has 3 aromatic rings. The van der Waals surface area contributed by atoms with Gasteiger partial charge in [-0.1, -0.05) is 48.5 Å². The maximum absolute atomic E-state index is 14.9. The van der Waals surface area contributed by atoms with Crippen molar-refractivity contribution >= 4 is 6.29 Å². The molecular formula is C21H10F4O. The summed E-state index contributed by atoms with van der Waals surface area (Å²) in [5.74, 6) is -7.52. The molecule has 3 aromatic carbocycles. The number of halogens is 4. The fourth-order valence-electron chi connectivity index (χ4n) is 4.60. The van der Waals surface area contributed by atoms with Crippen LogP contribution >= 0.6 is 0 Å². The van der Waals surface area contributed by atoms with E-state index in [9.17, 15) is 22.4 Å². The molecule has 0 fully saturated rings. The summed E-state index contributed by atoms with van der Waals surface area (Å²) in [5.41, 5.74) is -0.315. The third kappa shape index (κ3) is 1.46. The largest absolute Gasteiger partial charge is 0.302 e. The van der Waals surface area contributed by atoms with Gasteiger partial charge in [-0.3, -0.25) is 0 Å². The SMILES string of the molecule is O=CC12c3ccccc3C(c3ccccc31)c1c(F)c(F)c(F)c(F)c12. The second-order valence-corrected chi connectivity index (χ2v) is 6.58. The first-order chi connectivity index (χ1) is 12.5. The third-order valence-electron chi connectivity index (χ3n) is 5.56. The second-order valence-electron chi connectivity index (χ2n) is 6.58. The number of aldehydes is 1. The van der Waals surface area contributed by atoms with Crippen LogP contribution in [0.15, 0.2) is 48.5 Å². The molecule has 0 N–H and O–H groups in total. The van der Waals surface area contributed by atoms with E-state index in [1.165, 1.54) is 0 Å². The highest BCUT2D eigenvalue weighted by molar-refractivity contribution is 5.89. The van der Waals surface area contributed by atoms with Crippen molar-refractivity contribution in [3.8, 4) is 0 Å². The van der Waals surface area contributed by atoms with Gasteiger partial charge in [0.05, 0.1) is 0 Å². The van der Waals surface area contributed by atoms with Crippen LogP contribution in [0.4, 0.5) is 17.6 Å². The molecule has 0 saturated carbocycles. The lowest BCUT2D eigenvalue weighted by atomic mass is 9.53. The van der Waals surface area contributed by atoms with Crippen molar-refractivity contribution in [1.29, 1.82) is 0 Å². The number of hydrogen-bond donors (Lipinski definition) is 0. The topological polar surface area (TPSA) is 17.1 Å². The molecule has 0 aliphatic heterocycles. The van der Waals surface area contributed by atoms with Gasteiger partial charge in [0.2, 0.25) is 0 Å². The molecule has 0 amide bonds. The first-order valence-electron chi connectivity index (χ1n) is 8.05. The highest BCUT2D eigenvalue weighted by Gasteiger charge is 2.55. The Bertz CT molecular complexity index is 1070. The molecule has 1 nitrogen and oxygen atoms in total. The molecule has 0 aromatic heterocycles. The zero-order valence-electron chi connectivity index (χ0n) is 13.2. The van der Waals surface area contributed by atoms with Crippen molar-refractivity contribution < 1.29 is 22.4 Å². The van der Waals surface area contributed by atoms with Crippen LogP contribution in [-0.4, -0.2) is 6.29 Å². The van der Waals surface area contributed by atoms with E-state index >= 15 is 0 Å². The molecule has 26 heavy (non-hydrogen) atoms. The summed E-state index contributed by atoms with van der Waals surface area (Å²) in [6.45, 7) is 0. The molecule has 3 aliphatic carbocycles. The number of carbonyl (C=O) groups is 1. The summed E-state index contributed by atoms with van der Waals surface area (Å²) in [4.78, 5) is 12.4. The van der Waals surface area contributed by atoms with Gasteiger partial charge in [0.1, 0.15) is 11.7 Å². The second kappa shape index (κ2) is 4.81. The first kappa shape index (κ1) is 15.3. The zero-order valence-corrected chi connectivity index (χ0v) is 13.2. The van der Waals surface area contributed by atoms with E-state index in [0.717, 1.165) is 0 Å². The molecule has 0 radical (unpaired) electrons. The van der Waals surface area contributed by atoms with Crippen LogP contribution in [0.1, 0.15) is 39.3 Å². The molecule has 5 heteroatoms. The van der Waals surface area contributed by atoms with Crippen LogP contribution < -0.4 is 0 Å². The van der Waals surface area contributed by atoms with Gasteiger partial charge < -0.3 is 4.79 Å². The Labute approximate surface area is 145 Å². The normalized spacial score (nSPS) is 21.8. The Kier molecular flexibility index (Phi) is 2.84. The van der Waals surface area contributed by atoms with E-state index in [-0.39, 0.29) is 5.56 Å². The molecule has 128 valence electrons. The van der Waals surface area contributed by atoms with Gasteiger partial charge in [-0.15, -0.1) is 0 Å². The lowest BCUT2D eigenvalue weighted by molar-refractivity contribution is -0.110. The van der Waals surface area contributed by atoms with Gasteiger partial charge in [-0.2, -0.15) is 0 Å². The monoisotopic (exact) mass is 354 g/mol. The zero-order chi connectivity index (χ0) is 18.2. The van der Waals surface area contributed by atoms with E-state index in [1.807, 2.05) is 0 Å². The van der Waals surface area contributed by atoms with Crippen LogP contribution in [0.25, 0.3) is 0 Å². The predicted molar refractivity (Wildman–Crippen MR) is 86.0 cm³/mol. The van der Waals surface area contributed by atoms with Crippen LogP contribution in [0.2, 0.25) is 0 Å². The van der Waals surface area contributed by atoms with E-state index in [2.05, 4.69) is 0 Å². The summed E-state index contributed by atoms with van der Waals surface area (Å²) in [7, 11) is 0. The fraction of sp³-hybridized carbons (Fsp3) is 0.0952. The number of benzene rings is 3. The maximum Gasteiger partial charge on any atom is 0.197 e. The first-order valence-corrected chi connectivity index (χ1v) is 8.05. The smallest absolute Gasteiger partial charge is 0.197 e. The minimum atomic E-state index is -1.90. The van der Waals surface area contributed by atoms with Crippen LogP contribution in [-0.2, 0) is 10.2 Å². The average Bonchev–Trinajstić information content (AvgIpc) is 2.69. The van der Waals surface area contributed by atoms with Gasteiger partial charge in [0.15, 0.2) is 23.3 Å². The average molecular weight is 354 g/mol. The highest BCUT2D eigenvalue weighted by atomic mass is 19.2. The molecule has 0 unspecified atom stereocenters. The summed E-state index contributed by atoms with van der Waals surface area (Å²) in [6, 6.07) is 13.5. The summed E-state index contributed by atoms with van der Waals surface area (Å²) in [6.07, 6.45) is 0.499. The highest BCUT2D eigenvalue weighted by Crippen LogP contribution is 2.59. The maximum atomic E-state index is 14.9. The van der Waals surface area contributed by atoms with E-state index in [4.69, 9.17) is 0 Å². The van der Waals surface area contributed by atoms with Crippen molar-refractivity contribution in [3.05, 3.63) is 105 Å². The summed E-state index contributed by atoms with van der Waals surface area (Å²) < 4.78 is 57.7. The van der Waals surface area contributed by atoms with Crippen molar-refractivity contribution in [1.82, 2.24) is 0 Å². The lowest BCUT2D eigenvalue weighted by Gasteiger charge is -2.47. The Morgan fingerprint density at radius 2 is 1.23 bits per heavy atom. The molecule has 2 bridgehead atoms. The van der Waals surface area contributed by atoms with Gasteiger partial charge in [-0.05, 0) is 22.3 Å². The van der Waals surface area contributed by atoms with Crippen LogP contribution in [0.3, 0.4) is 0 Å². The molecule has 0 spiro atoms. The van der Waals surface area contributed by atoms with Gasteiger partial charge >= 0.3 is 0 Å². The summed E-state index contributed by atoms with van der Waals surface area (Å²) in [5, 5.41) is 0. The molecule has 0 heterocycles.